The van der Waals surface area contributed by atoms with E-state index in [1.165, 1.54) is 11.1 Å². The molecule has 0 unspecified atom stereocenters. The van der Waals surface area contributed by atoms with Crippen LogP contribution in [0.5, 0.6) is 0 Å². The molecule has 6 nitrogen and oxygen atoms in total. The lowest BCUT2D eigenvalue weighted by molar-refractivity contribution is 0.122. The minimum atomic E-state index is 0.717. The molecular weight excluding hydrogens is 338 g/mol. The molecular formula is C21H19N5O. The van der Waals surface area contributed by atoms with Gasteiger partial charge in [0.25, 0.3) is 0 Å². The van der Waals surface area contributed by atoms with Gasteiger partial charge in [0.2, 0.25) is 0 Å². The van der Waals surface area contributed by atoms with Crippen molar-refractivity contribution in [1.82, 2.24) is 15.2 Å². The van der Waals surface area contributed by atoms with Crippen molar-refractivity contribution in [3.63, 3.8) is 0 Å². The largest absolute Gasteiger partial charge is 0.378 e. The summed E-state index contributed by atoms with van der Waals surface area (Å²) in [5.41, 5.74) is 6.76. The average molecular weight is 357 g/mol. The third-order valence-corrected chi connectivity index (χ3v) is 5.04. The quantitative estimate of drug-likeness (QED) is 0.721. The summed E-state index contributed by atoms with van der Waals surface area (Å²) < 4.78 is 5.45. The standard InChI is InChI=1S/C21H19N5O/c1-2-18-13-23-21(19(18)11-15(1)17-4-6-24-25-14-17)16-3-5-22-20(12-16)26-7-9-27-10-8-26/h1-6,11-12,14H,7-10,13H2. The Morgan fingerprint density at radius 1 is 0.852 bits per heavy atom. The van der Waals surface area contributed by atoms with Gasteiger partial charge >= 0.3 is 0 Å². The zero-order valence-electron chi connectivity index (χ0n) is 14.9. The second kappa shape index (κ2) is 6.89. The smallest absolute Gasteiger partial charge is 0.129 e. The maximum Gasteiger partial charge on any atom is 0.129 e. The van der Waals surface area contributed by atoms with Crippen LogP contribution in [0.25, 0.3) is 11.1 Å². The van der Waals surface area contributed by atoms with E-state index in [4.69, 9.17) is 9.73 Å². The SMILES string of the molecule is c1cc(-c2ccc3c(c2)C(c2ccnc(N4CCOCC4)c2)=NC3)cnn1. The molecule has 3 aromatic rings. The highest BCUT2D eigenvalue weighted by Gasteiger charge is 2.20. The number of fused-ring (bicyclic) bond motifs is 1. The lowest BCUT2D eigenvalue weighted by atomic mass is 9.96. The summed E-state index contributed by atoms with van der Waals surface area (Å²) in [6.45, 7) is 3.96. The van der Waals surface area contributed by atoms with Gasteiger partial charge in [-0.05, 0) is 35.4 Å². The van der Waals surface area contributed by atoms with E-state index in [2.05, 4.69) is 44.3 Å². The van der Waals surface area contributed by atoms with Crippen molar-refractivity contribution in [3.05, 3.63) is 71.7 Å². The van der Waals surface area contributed by atoms with Crippen LogP contribution in [0.15, 0.2) is 60.0 Å². The molecule has 0 saturated carbocycles. The molecule has 27 heavy (non-hydrogen) atoms. The number of hydrogen-bond donors (Lipinski definition) is 0. The van der Waals surface area contributed by atoms with Gasteiger partial charge in [-0.15, -0.1) is 0 Å². The molecule has 5 rings (SSSR count). The van der Waals surface area contributed by atoms with Crippen LogP contribution in [0.1, 0.15) is 16.7 Å². The Morgan fingerprint density at radius 3 is 2.59 bits per heavy atom. The van der Waals surface area contributed by atoms with Gasteiger partial charge in [0, 0.05) is 36.0 Å². The number of benzene rings is 1. The number of nitrogens with zero attached hydrogens (tertiary/aromatic N) is 5. The van der Waals surface area contributed by atoms with E-state index in [1.54, 1.807) is 12.4 Å². The van der Waals surface area contributed by atoms with Crippen LogP contribution >= 0.6 is 0 Å². The van der Waals surface area contributed by atoms with Gasteiger partial charge in [0.05, 0.1) is 37.9 Å². The van der Waals surface area contributed by atoms with E-state index >= 15 is 0 Å². The van der Waals surface area contributed by atoms with E-state index in [0.717, 1.165) is 61.1 Å². The summed E-state index contributed by atoms with van der Waals surface area (Å²) in [7, 11) is 0. The van der Waals surface area contributed by atoms with Gasteiger partial charge in [-0.3, -0.25) is 4.99 Å². The third-order valence-electron chi connectivity index (χ3n) is 5.04. The summed E-state index contributed by atoms with van der Waals surface area (Å²) in [5.74, 6) is 0.987. The van der Waals surface area contributed by atoms with Crippen LogP contribution in [-0.2, 0) is 11.3 Å². The molecule has 4 heterocycles. The first-order valence-corrected chi connectivity index (χ1v) is 9.12. The predicted molar refractivity (Wildman–Crippen MR) is 104 cm³/mol. The van der Waals surface area contributed by atoms with Crippen LogP contribution in [0.2, 0.25) is 0 Å². The molecule has 2 aromatic heterocycles. The molecule has 0 atom stereocenters. The van der Waals surface area contributed by atoms with Crippen molar-refractivity contribution in [3.8, 4) is 11.1 Å². The van der Waals surface area contributed by atoms with Crippen molar-refractivity contribution in [2.24, 2.45) is 4.99 Å². The van der Waals surface area contributed by atoms with Crippen molar-refractivity contribution in [1.29, 1.82) is 0 Å². The Balaban J connectivity index is 1.50. The Hall–Kier alpha value is -3.12. The molecule has 1 saturated heterocycles. The molecule has 6 heteroatoms. The summed E-state index contributed by atoms with van der Waals surface area (Å²) in [4.78, 5) is 11.6. The molecule has 0 bridgehead atoms. The Labute approximate surface area is 157 Å². The van der Waals surface area contributed by atoms with Crippen molar-refractivity contribution in [2.45, 2.75) is 6.54 Å². The number of aromatic nitrogens is 3. The first-order valence-electron chi connectivity index (χ1n) is 9.12. The minimum Gasteiger partial charge on any atom is -0.378 e. The van der Waals surface area contributed by atoms with Gasteiger partial charge in [-0.2, -0.15) is 10.2 Å². The molecule has 134 valence electrons. The fourth-order valence-electron chi connectivity index (χ4n) is 3.60. The lowest BCUT2D eigenvalue weighted by Crippen LogP contribution is -2.36. The number of morpholine rings is 1. The maximum absolute atomic E-state index is 5.45. The van der Waals surface area contributed by atoms with E-state index in [0.29, 0.717) is 0 Å². The first kappa shape index (κ1) is 16.1. The van der Waals surface area contributed by atoms with E-state index in [-0.39, 0.29) is 0 Å². The number of ether oxygens (including phenoxy) is 1. The summed E-state index contributed by atoms with van der Waals surface area (Å²) in [6.07, 6.45) is 5.38. The average Bonchev–Trinajstić information content (AvgIpc) is 3.18. The number of pyridine rings is 1. The molecule has 1 fully saturated rings. The normalized spacial score (nSPS) is 16.1. The summed E-state index contributed by atoms with van der Waals surface area (Å²) in [6, 6.07) is 12.6. The van der Waals surface area contributed by atoms with Gasteiger partial charge in [0.15, 0.2) is 0 Å². The van der Waals surface area contributed by atoms with Crippen LogP contribution in [-0.4, -0.2) is 47.2 Å². The molecule has 0 spiro atoms. The number of rotatable bonds is 3. The summed E-state index contributed by atoms with van der Waals surface area (Å²) >= 11 is 0. The highest BCUT2D eigenvalue weighted by molar-refractivity contribution is 6.15. The number of hydrogen-bond acceptors (Lipinski definition) is 6. The molecule has 0 aliphatic carbocycles. The summed E-state index contributed by atoms with van der Waals surface area (Å²) in [5, 5.41) is 7.86. The fourth-order valence-corrected chi connectivity index (χ4v) is 3.60. The molecule has 1 aromatic carbocycles. The Morgan fingerprint density at radius 2 is 1.74 bits per heavy atom. The van der Waals surface area contributed by atoms with Crippen LogP contribution in [0.3, 0.4) is 0 Å². The topological polar surface area (TPSA) is 63.5 Å². The molecule has 2 aliphatic heterocycles. The Bertz CT molecular complexity index is 996. The van der Waals surface area contributed by atoms with Crippen LogP contribution in [0, 0.1) is 0 Å². The van der Waals surface area contributed by atoms with Crippen LogP contribution < -0.4 is 4.90 Å². The van der Waals surface area contributed by atoms with Gasteiger partial charge in [-0.1, -0.05) is 12.1 Å². The maximum atomic E-state index is 5.45. The monoisotopic (exact) mass is 357 g/mol. The van der Waals surface area contributed by atoms with E-state index in [1.807, 2.05) is 18.3 Å². The van der Waals surface area contributed by atoms with Crippen molar-refractivity contribution < 1.29 is 4.74 Å². The first-order chi connectivity index (χ1) is 13.4. The van der Waals surface area contributed by atoms with E-state index in [9.17, 15) is 0 Å². The molecule has 0 radical (unpaired) electrons. The second-order valence-electron chi connectivity index (χ2n) is 6.67. The third kappa shape index (κ3) is 3.08. The van der Waals surface area contributed by atoms with Gasteiger partial charge in [0.1, 0.15) is 5.82 Å². The lowest BCUT2D eigenvalue weighted by Gasteiger charge is -2.28. The van der Waals surface area contributed by atoms with E-state index < -0.39 is 0 Å². The van der Waals surface area contributed by atoms with Gasteiger partial charge in [-0.25, -0.2) is 4.98 Å². The molecule has 2 aliphatic rings. The molecule has 0 N–H and O–H groups in total. The van der Waals surface area contributed by atoms with Gasteiger partial charge < -0.3 is 9.64 Å². The number of aliphatic imine (C=N–C) groups is 1. The second-order valence-corrected chi connectivity index (χ2v) is 6.67. The fraction of sp³-hybridized carbons (Fsp3) is 0.238. The highest BCUT2D eigenvalue weighted by atomic mass is 16.5. The van der Waals surface area contributed by atoms with Crippen molar-refractivity contribution >= 4 is 11.5 Å². The zero-order chi connectivity index (χ0) is 18.1. The Kier molecular flexibility index (Phi) is 4.10. The molecule has 0 amide bonds. The highest BCUT2D eigenvalue weighted by Crippen LogP contribution is 2.29. The number of anilines is 1. The minimum absolute atomic E-state index is 0.717. The predicted octanol–water partition coefficient (Wildman–Crippen LogP) is 2.73. The van der Waals surface area contributed by atoms with Crippen molar-refractivity contribution in [2.75, 3.05) is 31.2 Å². The van der Waals surface area contributed by atoms with Crippen LogP contribution in [0.4, 0.5) is 5.82 Å². The zero-order valence-corrected chi connectivity index (χ0v) is 14.9.